The van der Waals surface area contributed by atoms with Crippen LogP contribution in [0.4, 0.5) is 10.8 Å². The maximum absolute atomic E-state index is 13.0. The fourth-order valence-corrected chi connectivity index (χ4v) is 4.58. The van der Waals surface area contributed by atoms with E-state index in [0.29, 0.717) is 42.7 Å². The first-order chi connectivity index (χ1) is 13.2. The minimum Gasteiger partial charge on any atom is -0.378 e. The third kappa shape index (κ3) is 4.19. The lowest BCUT2D eigenvalue weighted by molar-refractivity contribution is 0.102. The van der Waals surface area contributed by atoms with Crippen molar-refractivity contribution in [3.63, 3.8) is 0 Å². The van der Waals surface area contributed by atoms with E-state index in [0.717, 1.165) is 14.9 Å². The first-order valence-electron chi connectivity index (χ1n) is 8.85. The molecule has 3 rings (SSSR count). The fourth-order valence-electron chi connectivity index (χ4n) is 2.84. The molecule has 0 radical (unpaired) electrons. The molecule has 1 aromatic carbocycles. The molecule has 1 aromatic heterocycles. The van der Waals surface area contributed by atoms with E-state index in [1.54, 1.807) is 6.07 Å². The number of hydrogen-bond donors (Lipinski definition) is 1. The summed E-state index contributed by atoms with van der Waals surface area (Å²) in [5, 5.41) is 3.30. The molecule has 10 heteroatoms. The molecule has 1 amide bonds. The van der Waals surface area contributed by atoms with Crippen LogP contribution in [0.1, 0.15) is 20.9 Å². The molecule has 8 nitrogen and oxygen atoms in total. The average Bonchev–Trinajstić information content (AvgIpc) is 2.98. The number of carbonyl (C=O) groups excluding carboxylic acids is 1. The molecule has 1 N–H and O–H groups in total. The van der Waals surface area contributed by atoms with Gasteiger partial charge < -0.3 is 9.64 Å². The number of benzene rings is 1. The Hall–Kier alpha value is -2.01. The van der Waals surface area contributed by atoms with Crippen molar-refractivity contribution >= 4 is 38.1 Å². The molecular weight excluding hydrogens is 400 g/mol. The number of amides is 1. The number of anilines is 2. The Morgan fingerprint density at radius 1 is 1.25 bits per heavy atom. The topological polar surface area (TPSA) is 91.8 Å². The van der Waals surface area contributed by atoms with Crippen molar-refractivity contribution in [2.75, 3.05) is 50.6 Å². The summed E-state index contributed by atoms with van der Waals surface area (Å²) in [7, 11) is -0.730. The van der Waals surface area contributed by atoms with Crippen molar-refractivity contribution in [3.05, 3.63) is 34.3 Å². The van der Waals surface area contributed by atoms with Gasteiger partial charge in [-0.1, -0.05) is 0 Å². The number of morpholine rings is 1. The third-order valence-electron chi connectivity index (χ3n) is 4.59. The van der Waals surface area contributed by atoms with Crippen molar-refractivity contribution in [3.8, 4) is 0 Å². The smallest absolute Gasteiger partial charge is 0.259 e. The predicted octanol–water partition coefficient (Wildman–Crippen LogP) is 2.10. The summed E-state index contributed by atoms with van der Waals surface area (Å²) < 4.78 is 31.6. The van der Waals surface area contributed by atoms with Gasteiger partial charge in [0, 0.05) is 37.7 Å². The Bertz CT molecular complexity index is 960. The number of aryl methyl sites for hydroxylation is 2. The molecule has 28 heavy (non-hydrogen) atoms. The number of hydrogen-bond acceptors (Lipinski definition) is 7. The van der Waals surface area contributed by atoms with Gasteiger partial charge in [-0.3, -0.25) is 10.1 Å². The molecule has 1 fully saturated rings. The SMILES string of the molecule is Cc1nc(NC(=O)c2cc(S(=O)(=O)N(C)C)ccc2N2CCOCC2)sc1C. The second kappa shape index (κ2) is 8.16. The van der Waals surface area contributed by atoms with Gasteiger partial charge in [-0.15, -0.1) is 11.3 Å². The standard InChI is InChI=1S/C18H24N4O4S2/c1-12-13(2)27-18(19-12)20-17(23)15-11-14(28(24,25)21(3)4)5-6-16(15)22-7-9-26-10-8-22/h5-6,11H,7-10H2,1-4H3,(H,19,20,23). The second-order valence-corrected chi connectivity index (χ2v) is 10.0. The van der Waals surface area contributed by atoms with Crippen molar-refractivity contribution in [1.82, 2.24) is 9.29 Å². The Morgan fingerprint density at radius 2 is 1.93 bits per heavy atom. The largest absolute Gasteiger partial charge is 0.378 e. The summed E-state index contributed by atoms with van der Waals surface area (Å²) in [6.07, 6.45) is 0. The Kier molecular flexibility index (Phi) is 6.04. The number of carbonyl (C=O) groups is 1. The highest BCUT2D eigenvalue weighted by Gasteiger charge is 2.24. The zero-order valence-corrected chi connectivity index (χ0v) is 18.0. The molecule has 0 atom stereocenters. The van der Waals surface area contributed by atoms with Gasteiger partial charge in [0.1, 0.15) is 0 Å². The van der Waals surface area contributed by atoms with E-state index in [-0.39, 0.29) is 10.8 Å². The van der Waals surface area contributed by atoms with Gasteiger partial charge in [0.2, 0.25) is 10.0 Å². The van der Waals surface area contributed by atoms with E-state index in [1.165, 1.54) is 37.6 Å². The summed E-state index contributed by atoms with van der Waals surface area (Å²) >= 11 is 1.39. The van der Waals surface area contributed by atoms with Gasteiger partial charge >= 0.3 is 0 Å². The number of thiazole rings is 1. The fraction of sp³-hybridized carbons (Fsp3) is 0.444. The van der Waals surface area contributed by atoms with E-state index in [4.69, 9.17) is 4.74 Å². The lowest BCUT2D eigenvalue weighted by atomic mass is 10.1. The Balaban J connectivity index is 2.01. The number of ether oxygens (including phenoxy) is 1. The maximum atomic E-state index is 13.0. The van der Waals surface area contributed by atoms with Gasteiger partial charge in [0.25, 0.3) is 5.91 Å². The molecule has 1 saturated heterocycles. The highest BCUT2D eigenvalue weighted by molar-refractivity contribution is 7.89. The average molecular weight is 425 g/mol. The van der Waals surface area contributed by atoms with Crippen LogP contribution < -0.4 is 10.2 Å². The molecule has 0 unspecified atom stereocenters. The molecule has 0 saturated carbocycles. The van der Waals surface area contributed by atoms with Crippen LogP contribution in [0.15, 0.2) is 23.1 Å². The molecule has 152 valence electrons. The molecule has 0 aliphatic carbocycles. The van der Waals surface area contributed by atoms with Crippen molar-refractivity contribution in [2.24, 2.45) is 0 Å². The van der Waals surface area contributed by atoms with Crippen LogP contribution in [-0.2, 0) is 14.8 Å². The molecule has 1 aliphatic heterocycles. The van der Waals surface area contributed by atoms with Crippen LogP contribution in [-0.4, -0.2) is 64.0 Å². The summed E-state index contributed by atoms with van der Waals surface area (Å²) in [5.41, 5.74) is 1.84. The number of nitrogens with zero attached hydrogens (tertiary/aromatic N) is 3. The molecule has 0 spiro atoms. The van der Waals surface area contributed by atoms with Gasteiger partial charge in [-0.2, -0.15) is 0 Å². The third-order valence-corrected chi connectivity index (χ3v) is 7.39. The second-order valence-electron chi connectivity index (χ2n) is 6.68. The first kappa shape index (κ1) is 20.7. The number of aromatic nitrogens is 1. The molecule has 2 aromatic rings. The van der Waals surface area contributed by atoms with Crippen molar-refractivity contribution in [2.45, 2.75) is 18.7 Å². The van der Waals surface area contributed by atoms with Crippen LogP contribution in [0.5, 0.6) is 0 Å². The van der Waals surface area contributed by atoms with Crippen LogP contribution >= 0.6 is 11.3 Å². The summed E-state index contributed by atoms with van der Waals surface area (Å²) in [4.78, 5) is 20.5. The lowest BCUT2D eigenvalue weighted by Crippen LogP contribution is -2.37. The summed E-state index contributed by atoms with van der Waals surface area (Å²) in [6.45, 7) is 6.20. The monoisotopic (exact) mass is 424 g/mol. The summed E-state index contributed by atoms with van der Waals surface area (Å²) in [6, 6.07) is 4.66. The van der Waals surface area contributed by atoms with Gasteiger partial charge in [-0.25, -0.2) is 17.7 Å². The normalized spacial score (nSPS) is 15.1. The molecule has 0 bridgehead atoms. The molecule has 2 heterocycles. The lowest BCUT2D eigenvalue weighted by Gasteiger charge is -2.30. The maximum Gasteiger partial charge on any atom is 0.259 e. The first-order valence-corrected chi connectivity index (χ1v) is 11.1. The highest BCUT2D eigenvalue weighted by atomic mass is 32.2. The zero-order chi connectivity index (χ0) is 20.5. The van der Waals surface area contributed by atoms with E-state index < -0.39 is 10.0 Å². The van der Waals surface area contributed by atoms with Crippen LogP contribution in [0.25, 0.3) is 0 Å². The Morgan fingerprint density at radius 3 is 2.50 bits per heavy atom. The van der Waals surface area contributed by atoms with Crippen LogP contribution in [0.2, 0.25) is 0 Å². The van der Waals surface area contributed by atoms with Gasteiger partial charge in [0.15, 0.2) is 5.13 Å². The molecule has 1 aliphatic rings. The van der Waals surface area contributed by atoms with E-state index in [9.17, 15) is 13.2 Å². The molecular formula is C18H24N4O4S2. The van der Waals surface area contributed by atoms with E-state index in [1.807, 2.05) is 18.7 Å². The summed E-state index contributed by atoms with van der Waals surface area (Å²) in [5.74, 6) is -0.383. The quantitative estimate of drug-likeness (QED) is 0.790. The van der Waals surface area contributed by atoms with Crippen LogP contribution in [0, 0.1) is 13.8 Å². The zero-order valence-electron chi connectivity index (χ0n) is 16.4. The van der Waals surface area contributed by atoms with Crippen molar-refractivity contribution < 1.29 is 17.9 Å². The predicted molar refractivity (Wildman–Crippen MR) is 110 cm³/mol. The van der Waals surface area contributed by atoms with Crippen LogP contribution in [0.3, 0.4) is 0 Å². The van der Waals surface area contributed by atoms with Gasteiger partial charge in [-0.05, 0) is 32.0 Å². The number of rotatable bonds is 5. The number of nitrogens with one attached hydrogen (secondary N) is 1. The highest BCUT2D eigenvalue weighted by Crippen LogP contribution is 2.28. The number of sulfonamides is 1. The van der Waals surface area contributed by atoms with Gasteiger partial charge in [0.05, 0.1) is 29.4 Å². The van der Waals surface area contributed by atoms with Crippen molar-refractivity contribution in [1.29, 1.82) is 0 Å². The van der Waals surface area contributed by atoms with E-state index >= 15 is 0 Å². The minimum atomic E-state index is -3.66. The Labute approximate surface area is 169 Å². The van der Waals surface area contributed by atoms with E-state index in [2.05, 4.69) is 10.3 Å². The minimum absolute atomic E-state index is 0.0751.